The van der Waals surface area contributed by atoms with Crippen LogP contribution >= 0.6 is 0 Å². The monoisotopic (exact) mass is 209 g/mol. The Morgan fingerprint density at radius 3 is 2.87 bits per heavy atom. The molecule has 78 valence electrons. The molecule has 0 spiro atoms. The fourth-order valence-corrected chi connectivity index (χ4v) is 1.15. The van der Waals surface area contributed by atoms with Crippen LogP contribution in [0.4, 0.5) is 4.39 Å². The van der Waals surface area contributed by atoms with Crippen molar-refractivity contribution in [1.82, 2.24) is 0 Å². The van der Waals surface area contributed by atoms with Crippen LogP contribution in [0.3, 0.4) is 0 Å². The molecule has 1 N–H and O–H groups in total. The van der Waals surface area contributed by atoms with E-state index in [2.05, 4.69) is 10.0 Å². The normalized spacial score (nSPS) is 9.47. The number of carbonyl (C=O) groups excluding carboxylic acids is 1. The van der Waals surface area contributed by atoms with E-state index in [1.165, 1.54) is 6.92 Å². The standard InChI is InChI=1S/C9H8FN3O2/c1-5(14)8-3-7(10)2-6(9(8)15)4-12-13-11/h2-3,15H,4H2,1H3. The first-order valence-corrected chi connectivity index (χ1v) is 4.09. The van der Waals surface area contributed by atoms with Crippen molar-refractivity contribution in [3.05, 3.63) is 39.5 Å². The van der Waals surface area contributed by atoms with Crippen LogP contribution in [0, 0.1) is 5.82 Å². The summed E-state index contributed by atoms with van der Waals surface area (Å²) in [6.07, 6.45) is 0. The first-order chi connectivity index (χ1) is 7.06. The predicted molar refractivity (Wildman–Crippen MR) is 50.9 cm³/mol. The quantitative estimate of drug-likeness (QED) is 0.359. The highest BCUT2D eigenvalue weighted by molar-refractivity contribution is 5.97. The van der Waals surface area contributed by atoms with Crippen LogP contribution in [-0.4, -0.2) is 10.9 Å². The van der Waals surface area contributed by atoms with Gasteiger partial charge in [0.25, 0.3) is 0 Å². The second-order valence-electron chi connectivity index (χ2n) is 2.91. The molecule has 0 fully saturated rings. The minimum absolute atomic E-state index is 0.0954. The van der Waals surface area contributed by atoms with Gasteiger partial charge in [-0.05, 0) is 24.6 Å². The molecule has 0 unspecified atom stereocenters. The lowest BCUT2D eigenvalue weighted by molar-refractivity contribution is 0.101. The van der Waals surface area contributed by atoms with Crippen molar-refractivity contribution < 1.29 is 14.3 Å². The maximum Gasteiger partial charge on any atom is 0.163 e. The van der Waals surface area contributed by atoms with Gasteiger partial charge in [-0.15, -0.1) is 0 Å². The molecule has 0 heterocycles. The van der Waals surface area contributed by atoms with Crippen molar-refractivity contribution in [3.63, 3.8) is 0 Å². The summed E-state index contributed by atoms with van der Waals surface area (Å²) in [5, 5.41) is 12.7. The molecule has 6 heteroatoms. The third kappa shape index (κ3) is 2.45. The summed E-state index contributed by atoms with van der Waals surface area (Å²) in [5.41, 5.74) is 8.06. The van der Waals surface area contributed by atoms with Gasteiger partial charge < -0.3 is 5.11 Å². The maximum atomic E-state index is 13.0. The molecular weight excluding hydrogens is 201 g/mol. The van der Waals surface area contributed by atoms with Crippen LogP contribution < -0.4 is 0 Å². The summed E-state index contributed by atoms with van der Waals surface area (Å²) in [4.78, 5) is 13.5. The SMILES string of the molecule is CC(=O)c1cc(F)cc(CN=[N+]=[N-])c1O. The number of halogens is 1. The van der Waals surface area contributed by atoms with Crippen molar-refractivity contribution in [1.29, 1.82) is 0 Å². The third-order valence-electron chi connectivity index (χ3n) is 1.84. The second kappa shape index (κ2) is 4.43. The molecule has 15 heavy (non-hydrogen) atoms. The van der Waals surface area contributed by atoms with Crippen LogP contribution in [0.25, 0.3) is 10.4 Å². The first-order valence-electron chi connectivity index (χ1n) is 4.09. The Labute approximate surface area is 84.8 Å². The summed E-state index contributed by atoms with van der Waals surface area (Å²) in [7, 11) is 0. The van der Waals surface area contributed by atoms with Gasteiger partial charge in [0.15, 0.2) is 5.78 Å². The van der Waals surface area contributed by atoms with Gasteiger partial charge in [-0.2, -0.15) is 0 Å². The van der Waals surface area contributed by atoms with Crippen LogP contribution in [0.5, 0.6) is 5.75 Å². The summed E-state index contributed by atoms with van der Waals surface area (Å²) in [6, 6.07) is 1.97. The number of nitrogens with zero attached hydrogens (tertiary/aromatic N) is 3. The fourth-order valence-electron chi connectivity index (χ4n) is 1.15. The van der Waals surface area contributed by atoms with Gasteiger partial charge in [0, 0.05) is 10.5 Å². The number of hydrogen-bond acceptors (Lipinski definition) is 3. The number of benzene rings is 1. The Balaban J connectivity index is 3.27. The average Bonchev–Trinajstić information content (AvgIpc) is 2.18. The van der Waals surface area contributed by atoms with E-state index in [1.54, 1.807) is 0 Å². The van der Waals surface area contributed by atoms with Crippen LogP contribution in [0.1, 0.15) is 22.8 Å². The highest BCUT2D eigenvalue weighted by atomic mass is 19.1. The van der Waals surface area contributed by atoms with Gasteiger partial charge in [-0.3, -0.25) is 4.79 Å². The number of phenols is 1. The molecule has 0 saturated heterocycles. The molecule has 0 bridgehead atoms. The molecule has 0 aliphatic heterocycles. The molecule has 1 aromatic carbocycles. The summed E-state index contributed by atoms with van der Waals surface area (Å²) in [6.45, 7) is 1.02. The third-order valence-corrected chi connectivity index (χ3v) is 1.84. The zero-order chi connectivity index (χ0) is 11.4. The van der Waals surface area contributed by atoms with Crippen molar-refractivity contribution in [2.75, 3.05) is 0 Å². The molecule has 1 aromatic rings. The van der Waals surface area contributed by atoms with E-state index in [0.717, 1.165) is 12.1 Å². The summed E-state index contributed by atoms with van der Waals surface area (Å²) >= 11 is 0. The number of phenolic OH excluding ortho intramolecular Hbond substituents is 1. The largest absolute Gasteiger partial charge is 0.507 e. The van der Waals surface area contributed by atoms with Gasteiger partial charge >= 0.3 is 0 Å². The van der Waals surface area contributed by atoms with Crippen LogP contribution in [0.15, 0.2) is 17.2 Å². The van der Waals surface area contributed by atoms with E-state index in [9.17, 15) is 14.3 Å². The lowest BCUT2D eigenvalue weighted by Crippen LogP contribution is -1.97. The Kier molecular flexibility index (Phi) is 3.25. The van der Waals surface area contributed by atoms with Gasteiger partial charge in [0.05, 0.1) is 12.1 Å². The van der Waals surface area contributed by atoms with Crippen molar-refractivity contribution in [2.24, 2.45) is 5.11 Å². The molecule has 0 amide bonds. The van der Waals surface area contributed by atoms with Crippen LogP contribution in [-0.2, 0) is 6.54 Å². The van der Waals surface area contributed by atoms with Gasteiger partial charge in [0.2, 0.25) is 0 Å². The Hall–Kier alpha value is -2.07. The number of azide groups is 1. The number of carbonyl (C=O) groups is 1. The number of aromatic hydroxyl groups is 1. The molecular formula is C9H8FN3O2. The molecule has 0 aliphatic carbocycles. The molecule has 0 aromatic heterocycles. The second-order valence-corrected chi connectivity index (χ2v) is 2.91. The Morgan fingerprint density at radius 1 is 1.67 bits per heavy atom. The molecule has 0 radical (unpaired) electrons. The fraction of sp³-hybridized carbons (Fsp3) is 0.222. The van der Waals surface area contributed by atoms with E-state index < -0.39 is 11.6 Å². The van der Waals surface area contributed by atoms with E-state index in [1.807, 2.05) is 0 Å². The van der Waals surface area contributed by atoms with Crippen molar-refractivity contribution in [3.8, 4) is 5.75 Å². The van der Waals surface area contributed by atoms with E-state index in [4.69, 9.17) is 5.53 Å². The highest BCUT2D eigenvalue weighted by Gasteiger charge is 2.12. The Morgan fingerprint density at radius 2 is 2.33 bits per heavy atom. The van der Waals surface area contributed by atoms with Crippen LogP contribution in [0.2, 0.25) is 0 Å². The minimum Gasteiger partial charge on any atom is -0.507 e. The zero-order valence-corrected chi connectivity index (χ0v) is 7.94. The van der Waals surface area contributed by atoms with Gasteiger partial charge in [0.1, 0.15) is 11.6 Å². The molecule has 0 atom stereocenters. The van der Waals surface area contributed by atoms with Gasteiger partial charge in [-0.1, -0.05) is 5.11 Å². The number of rotatable bonds is 3. The molecule has 0 aliphatic rings. The Bertz CT molecular complexity index is 453. The predicted octanol–water partition coefficient (Wildman–Crippen LogP) is 2.54. The maximum absolute atomic E-state index is 13.0. The summed E-state index contributed by atoms with van der Waals surface area (Å²) < 4.78 is 13.0. The molecule has 5 nitrogen and oxygen atoms in total. The number of Topliss-reactive ketones (excluding diaryl/α,β-unsaturated/α-hetero) is 1. The minimum atomic E-state index is -0.652. The smallest absolute Gasteiger partial charge is 0.163 e. The molecule has 1 rings (SSSR count). The van der Waals surface area contributed by atoms with E-state index in [0.29, 0.717) is 0 Å². The lowest BCUT2D eigenvalue weighted by atomic mass is 10.1. The van der Waals surface area contributed by atoms with E-state index >= 15 is 0 Å². The van der Waals surface area contributed by atoms with Crippen molar-refractivity contribution >= 4 is 5.78 Å². The number of ketones is 1. The zero-order valence-electron chi connectivity index (χ0n) is 7.94. The van der Waals surface area contributed by atoms with E-state index in [-0.39, 0.29) is 23.4 Å². The lowest BCUT2D eigenvalue weighted by Gasteiger charge is -2.05. The number of hydrogen-bond donors (Lipinski definition) is 1. The highest BCUT2D eigenvalue weighted by Crippen LogP contribution is 2.25. The topological polar surface area (TPSA) is 86.1 Å². The first kappa shape index (κ1) is 11.0. The van der Waals surface area contributed by atoms with Gasteiger partial charge in [-0.25, -0.2) is 4.39 Å². The average molecular weight is 209 g/mol. The summed E-state index contributed by atoms with van der Waals surface area (Å²) in [5.74, 6) is -1.44. The van der Waals surface area contributed by atoms with Crippen molar-refractivity contribution in [2.45, 2.75) is 13.5 Å². The molecule has 0 saturated carbocycles.